The molecule has 0 fully saturated rings. The van der Waals surface area contributed by atoms with Crippen LogP contribution in [0.2, 0.25) is 0 Å². The second kappa shape index (κ2) is 6.30. The summed E-state index contributed by atoms with van der Waals surface area (Å²) in [7, 11) is 0. The van der Waals surface area contributed by atoms with E-state index >= 15 is 0 Å². The van der Waals surface area contributed by atoms with E-state index in [2.05, 4.69) is 83.9 Å². The number of benzene rings is 2. The van der Waals surface area contributed by atoms with Gasteiger partial charge in [0.2, 0.25) is 0 Å². The van der Waals surface area contributed by atoms with Crippen LogP contribution in [0.5, 0.6) is 0 Å². The standard InChI is InChI=1S/C21H19N3S/c1-13-4-7-16(8-5-13)17-11-25-21-19(17)20(22-12-23-21)24-18-9-6-14(2)10-15(18)3/h4-12H,1-3H3,(H,22,23,24). The normalized spacial score (nSPS) is 11.0. The van der Waals surface area contributed by atoms with Crippen LogP contribution in [-0.4, -0.2) is 9.97 Å². The molecule has 1 N–H and O–H groups in total. The van der Waals surface area contributed by atoms with Crippen molar-refractivity contribution in [3.8, 4) is 11.1 Å². The second-order valence-electron chi connectivity index (χ2n) is 6.36. The lowest BCUT2D eigenvalue weighted by atomic mass is 10.0. The predicted octanol–water partition coefficient (Wildman–Crippen LogP) is 6.03. The van der Waals surface area contributed by atoms with Crippen LogP contribution < -0.4 is 5.32 Å². The Morgan fingerprint density at radius 2 is 1.64 bits per heavy atom. The molecular formula is C21H19N3S. The maximum atomic E-state index is 4.53. The molecule has 4 heteroatoms. The molecule has 0 bridgehead atoms. The number of hydrogen-bond donors (Lipinski definition) is 1. The highest BCUT2D eigenvalue weighted by molar-refractivity contribution is 7.17. The topological polar surface area (TPSA) is 37.8 Å². The average molecular weight is 345 g/mol. The van der Waals surface area contributed by atoms with E-state index in [-0.39, 0.29) is 0 Å². The summed E-state index contributed by atoms with van der Waals surface area (Å²) >= 11 is 1.65. The molecule has 3 nitrogen and oxygen atoms in total. The summed E-state index contributed by atoms with van der Waals surface area (Å²) < 4.78 is 0. The summed E-state index contributed by atoms with van der Waals surface area (Å²) in [5.41, 5.74) is 7.16. The Morgan fingerprint density at radius 3 is 2.40 bits per heavy atom. The van der Waals surface area contributed by atoms with Gasteiger partial charge in [-0.05, 0) is 38.0 Å². The van der Waals surface area contributed by atoms with Gasteiger partial charge in [-0.1, -0.05) is 47.5 Å². The minimum atomic E-state index is 0.855. The number of nitrogens with zero attached hydrogens (tertiary/aromatic N) is 2. The molecule has 2 aromatic heterocycles. The number of rotatable bonds is 3. The summed E-state index contributed by atoms with van der Waals surface area (Å²) in [5.74, 6) is 0.855. The molecule has 0 radical (unpaired) electrons. The van der Waals surface area contributed by atoms with E-state index in [0.29, 0.717) is 0 Å². The second-order valence-corrected chi connectivity index (χ2v) is 7.22. The maximum Gasteiger partial charge on any atom is 0.143 e. The molecule has 0 aliphatic carbocycles. The van der Waals surface area contributed by atoms with Gasteiger partial charge >= 0.3 is 0 Å². The first-order chi connectivity index (χ1) is 12.1. The summed E-state index contributed by atoms with van der Waals surface area (Å²) in [6.07, 6.45) is 1.63. The molecule has 0 aliphatic rings. The fourth-order valence-corrected chi connectivity index (χ4v) is 3.91. The van der Waals surface area contributed by atoms with E-state index in [1.54, 1.807) is 17.7 Å². The number of thiophene rings is 1. The molecule has 0 aliphatic heterocycles. The van der Waals surface area contributed by atoms with Crippen LogP contribution in [0.1, 0.15) is 16.7 Å². The Bertz CT molecular complexity index is 1050. The summed E-state index contributed by atoms with van der Waals surface area (Å²) in [4.78, 5) is 9.98. The van der Waals surface area contributed by atoms with Gasteiger partial charge in [0.15, 0.2) is 0 Å². The average Bonchev–Trinajstić information content (AvgIpc) is 3.03. The van der Waals surface area contributed by atoms with Crippen molar-refractivity contribution >= 4 is 33.1 Å². The zero-order chi connectivity index (χ0) is 17.4. The first-order valence-electron chi connectivity index (χ1n) is 8.25. The number of nitrogens with one attached hydrogen (secondary N) is 1. The minimum Gasteiger partial charge on any atom is -0.339 e. The van der Waals surface area contributed by atoms with Gasteiger partial charge in [0.25, 0.3) is 0 Å². The fraction of sp³-hybridized carbons (Fsp3) is 0.143. The Hall–Kier alpha value is -2.72. The van der Waals surface area contributed by atoms with Gasteiger partial charge in [-0.3, -0.25) is 0 Å². The fourth-order valence-electron chi connectivity index (χ4n) is 3.00. The molecule has 25 heavy (non-hydrogen) atoms. The lowest BCUT2D eigenvalue weighted by Gasteiger charge is -2.11. The maximum absolute atomic E-state index is 4.53. The van der Waals surface area contributed by atoms with Gasteiger partial charge < -0.3 is 5.32 Å². The van der Waals surface area contributed by atoms with Gasteiger partial charge in [-0.25, -0.2) is 9.97 Å². The molecular weight excluding hydrogens is 326 g/mol. The van der Waals surface area contributed by atoms with Crippen molar-refractivity contribution in [1.29, 1.82) is 0 Å². The highest BCUT2D eigenvalue weighted by Gasteiger charge is 2.13. The van der Waals surface area contributed by atoms with E-state index < -0.39 is 0 Å². The highest BCUT2D eigenvalue weighted by atomic mass is 32.1. The third-order valence-electron chi connectivity index (χ3n) is 4.37. The van der Waals surface area contributed by atoms with Gasteiger partial charge in [-0.15, -0.1) is 11.3 Å². The van der Waals surface area contributed by atoms with Crippen LogP contribution >= 0.6 is 11.3 Å². The molecule has 2 heterocycles. The van der Waals surface area contributed by atoms with Crippen LogP contribution in [0, 0.1) is 20.8 Å². The van der Waals surface area contributed by atoms with E-state index in [0.717, 1.165) is 21.7 Å². The quantitative estimate of drug-likeness (QED) is 0.493. The van der Waals surface area contributed by atoms with Crippen LogP contribution in [0.4, 0.5) is 11.5 Å². The van der Waals surface area contributed by atoms with Crippen LogP contribution in [0.25, 0.3) is 21.3 Å². The SMILES string of the molecule is Cc1ccc(-c2csc3ncnc(Nc4ccc(C)cc4C)c23)cc1. The zero-order valence-electron chi connectivity index (χ0n) is 14.5. The molecule has 0 atom stereocenters. The lowest BCUT2D eigenvalue weighted by molar-refractivity contribution is 1.22. The van der Waals surface area contributed by atoms with E-state index in [9.17, 15) is 0 Å². The number of aryl methyl sites for hydroxylation is 3. The van der Waals surface area contributed by atoms with Gasteiger partial charge in [0.05, 0.1) is 5.39 Å². The largest absolute Gasteiger partial charge is 0.339 e. The van der Waals surface area contributed by atoms with E-state index in [1.807, 2.05) is 0 Å². The minimum absolute atomic E-state index is 0.855. The van der Waals surface area contributed by atoms with E-state index in [1.165, 1.54) is 27.8 Å². The van der Waals surface area contributed by atoms with Gasteiger partial charge in [-0.2, -0.15) is 0 Å². The van der Waals surface area contributed by atoms with Crippen molar-refractivity contribution in [2.45, 2.75) is 20.8 Å². The van der Waals surface area contributed by atoms with Crippen molar-refractivity contribution in [3.05, 3.63) is 70.9 Å². The van der Waals surface area contributed by atoms with Crippen LogP contribution in [0.3, 0.4) is 0 Å². The molecule has 124 valence electrons. The van der Waals surface area contributed by atoms with Gasteiger partial charge in [0, 0.05) is 16.6 Å². The monoisotopic (exact) mass is 345 g/mol. The Morgan fingerprint density at radius 1 is 0.880 bits per heavy atom. The lowest BCUT2D eigenvalue weighted by Crippen LogP contribution is -1.97. The smallest absolute Gasteiger partial charge is 0.143 e. The number of fused-ring (bicyclic) bond motifs is 1. The molecule has 4 rings (SSSR count). The molecule has 0 amide bonds. The molecule has 2 aromatic carbocycles. The van der Waals surface area contributed by atoms with Crippen molar-refractivity contribution in [1.82, 2.24) is 9.97 Å². The Balaban J connectivity index is 1.84. The highest BCUT2D eigenvalue weighted by Crippen LogP contribution is 2.37. The van der Waals surface area contributed by atoms with E-state index in [4.69, 9.17) is 0 Å². The molecule has 0 unspecified atom stereocenters. The summed E-state index contributed by atoms with van der Waals surface area (Å²) in [5, 5.41) is 6.75. The van der Waals surface area contributed by atoms with Gasteiger partial charge in [0.1, 0.15) is 17.0 Å². The summed E-state index contributed by atoms with van der Waals surface area (Å²) in [6, 6.07) is 15.0. The number of hydrogen-bond acceptors (Lipinski definition) is 4. The molecule has 0 spiro atoms. The predicted molar refractivity (Wildman–Crippen MR) is 107 cm³/mol. The molecule has 4 aromatic rings. The summed E-state index contributed by atoms with van der Waals surface area (Å²) in [6.45, 7) is 6.32. The Kier molecular flexibility index (Phi) is 3.98. The molecule has 0 saturated carbocycles. The first-order valence-corrected chi connectivity index (χ1v) is 9.13. The van der Waals surface area contributed by atoms with Crippen molar-refractivity contribution in [3.63, 3.8) is 0 Å². The van der Waals surface area contributed by atoms with Crippen molar-refractivity contribution in [2.75, 3.05) is 5.32 Å². The third kappa shape index (κ3) is 3.01. The number of anilines is 2. The van der Waals surface area contributed by atoms with Crippen molar-refractivity contribution < 1.29 is 0 Å². The van der Waals surface area contributed by atoms with Crippen LogP contribution in [0.15, 0.2) is 54.2 Å². The zero-order valence-corrected chi connectivity index (χ0v) is 15.3. The Labute approximate surface area is 151 Å². The third-order valence-corrected chi connectivity index (χ3v) is 5.25. The number of aromatic nitrogens is 2. The van der Waals surface area contributed by atoms with Crippen LogP contribution in [-0.2, 0) is 0 Å². The van der Waals surface area contributed by atoms with Crippen molar-refractivity contribution in [2.24, 2.45) is 0 Å². The molecule has 0 saturated heterocycles. The first kappa shape index (κ1) is 15.8.